The number of benzene rings is 1. The van der Waals surface area contributed by atoms with Gasteiger partial charge in [0.1, 0.15) is 0 Å². The van der Waals surface area contributed by atoms with Crippen molar-refractivity contribution in [1.82, 2.24) is 4.90 Å². The minimum absolute atomic E-state index is 0. The molecule has 1 aromatic rings. The minimum Gasteiger partial charge on any atom is -0.326 e. The van der Waals surface area contributed by atoms with E-state index in [9.17, 15) is 0 Å². The van der Waals surface area contributed by atoms with E-state index in [1.807, 2.05) is 0 Å². The quantitative estimate of drug-likeness (QED) is 0.905. The molecule has 4 heteroatoms. The molecule has 0 bridgehead atoms. The maximum atomic E-state index is 5.85. The third kappa shape index (κ3) is 4.71. The molecule has 2 N–H and O–H groups in total. The van der Waals surface area contributed by atoms with Crippen LogP contribution in [0.5, 0.6) is 0 Å². The molecule has 1 aromatic carbocycles. The van der Waals surface area contributed by atoms with E-state index >= 15 is 0 Å². The maximum absolute atomic E-state index is 5.85. The summed E-state index contributed by atoms with van der Waals surface area (Å²) in [5.41, 5.74) is 7.28. The van der Waals surface area contributed by atoms with Crippen molar-refractivity contribution in [1.29, 1.82) is 0 Å². The lowest BCUT2D eigenvalue weighted by atomic mass is 10.1. The Morgan fingerprint density at radius 1 is 1.19 bits per heavy atom. The van der Waals surface area contributed by atoms with Crippen LogP contribution >= 0.6 is 24.8 Å². The Labute approximate surface area is 110 Å². The molecule has 0 radical (unpaired) electrons. The molecule has 0 unspecified atom stereocenters. The van der Waals surface area contributed by atoms with Crippen LogP contribution in [0, 0.1) is 0 Å². The number of nitrogens with two attached hydrogens (primary N) is 1. The first-order chi connectivity index (χ1) is 6.84. The van der Waals surface area contributed by atoms with Crippen LogP contribution in [0.2, 0.25) is 0 Å². The zero-order chi connectivity index (χ0) is 9.80. The molecular weight excluding hydrogens is 243 g/mol. The van der Waals surface area contributed by atoms with Crippen LogP contribution in [0.4, 0.5) is 0 Å². The average molecular weight is 263 g/mol. The lowest BCUT2D eigenvalue weighted by Crippen LogP contribution is -2.28. The first-order valence-electron chi connectivity index (χ1n) is 5.36. The molecule has 0 saturated carbocycles. The van der Waals surface area contributed by atoms with Gasteiger partial charge in [-0.05, 0) is 24.9 Å². The summed E-state index contributed by atoms with van der Waals surface area (Å²) in [5, 5.41) is 0. The summed E-state index contributed by atoms with van der Waals surface area (Å²) >= 11 is 0. The van der Waals surface area contributed by atoms with E-state index in [4.69, 9.17) is 5.73 Å². The second kappa shape index (κ2) is 7.91. The Balaban J connectivity index is 0.00000112. The molecule has 0 aromatic heterocycles. The number of likely N-dealkylation sites (tertiary alicyclic amines) is 1. The van der Waals surface area contributed by atoms with Crippen LogP contribution in [0.15, 0.2) is 30.3 Å². The van der Waals surface area contributed by atoms with Crippen molar-refractivity contribution in [2.75, 3.05) is 19.6 Å². The molecule has 1 fully saturated rings. The van der Waals surface area contributed by atoms with Gasteiger partial charge >= 0.3 is 0 Å². The average Bonchev–Trinajstić information content (AvgIpc) is 2.63. The van der Waals surface area contributed by atoms with Gasteiger partial charge in [0.05, 0.1) is 0 Å². The molecule has 1 heterocycles. The van der Waals surface area contributed by atoms with E-state index < -0.39 is 0 Å². The van der Waals surface area contributed by atoms with Gasteiger partial charge in [0.25, 0.3) is 0 Å². The highest BCUT2D eigenvalue weighted by Crippen LogP contribution is 2.08. The van der Waals surface area contributed by atoms with E-state index in [1.54, 1.807) is 0 Å². The fourth-order valence-corrected chi connectivity index (χ4v) is 2.00. The van der Waals surface area contributed by atoms with Crippen molar-refractivity contribution in [2.24, 2.45) is 5.73 Å². The zero-order valence-electron chi connectivity index (χ0n) is 9.34. The predicted octanol–water partition coefficient (Wildman–Crippen LogP) is 2.11. The fraction of sp³-hybridized carbons (Fsp3) is 0.500. The van der Waals surface area contributed by atoms with E-state index in [2.05, 4.69) is 35.2 Å². The Morgan fingerprint density at radius 3 is 2.44 bits per heavy atom. The molecule has 0 amide bonds. The number of halogens is 2. The lowest BCUT2D eigenvalue weighted by molar-refractivity contribution is 0.339. The minimum atomic E-state index is 0. The van der Waals surface area contributed by atoms with Crippen molar-refractivity contribution >= 4 is 24.8 Å². The van der Waals surface area contributed by atoms with Crippen molar-refractivity contribution in [3.63, 3.8) is 0 Å². The number of rotatable bonds is 3. The highest BCUT2D eigenvalue weighted by atomic mass is 35.5. The Kier molecular flexibility index (Phi) is 7.77. The summed E-state index contributed by atoms with van der Waals surface area (Å²) in [6.07, 6.45) is 2.31. The summed E-state index contributed by atoms with van der Waals surface area (Å²) in [6.45, 7) is 3.40. The number of hydrogen-bond donors (Lipinski definition) is 1. The first kappa shape index (κ1) is 15.7. The first-order valence-corrected chi connectivity index (χ1v) is 5.36. The topological polar surface area (TPSA) is 29.3 Å². The summed E-state index contributed by atoms with van der Waals surface area (Å²) in [6, 6.07) is 11.1. The highest BCUT2D eigenvalue weighted by Gasteiger charge is 2.17. The van der Waals surface area contributed by atoms with Gasteiger partial charge < -0.3 is 10.6 Å². The third-order valence-corrected chi connectivity index (χ3v) is 2.87. The van der Waals surface area contributed by atoms with Crippen LogP contribution in [0.1, 0.15) is 12.0 Å². The van der Waals surface area contributed by atoms with Gasteiger partial charge in [-0.15, -0.1) is 24.8 Å². The number of hydrogen-bond acceptors (Lipinski definition) is 2. The molecule has 16 heavy (non-hydrogen) atoms. The highest BCUT2D eigenvalue weighted by molar-refractivity contribution is 5.85. The Morgan fingerprint density at radius 2 is 1.88 bits per heavy atom. The van der Waals surface area contributed by atoms with Gasteiger partial charge in [-0.2, -0.15) is 0 Å². The Bertz CT molecular complexity index is 280. The standard InChI is InChI=1S/C12H18N2.2ClH/c13-12-7-9-14(10-12)8-6-11-4-2-1-3-5-11;;/h1-5,12H,6-10,13H2;2*1H/t12-;;/m1../s1. The van der Waals surface area contributed by atoms with Crippen LogP contribution in [0.25, 0.3) is 0 Å². The Hall–Kier alpha value is -0.280. The predicted molar refractivity (Wildman–Crippen MR) is 73.7 cm³/mol. The van der Waals surface area contributed by atoms with E-state index in [0.717, 1.165) is 25.9 Å². The van der Waals surface area contributed by atoms with Gasteiger partial charge in [0.15, 0.2) is 0 Å². The molecule has 92 valence electrons. The van der Waals surface area contributed by atoms with Gasteiger partial charge in [-0.25, -0.2) is 0 Å². The summed E-state index contributed by atoms with van der Waals surface area (Å²) in [7, 11) is 0. The lowest BCUT2D eigenvalue weighted by Gasteiger charge is -2.14. The van der Waals surface area contributed by atoms with E-state index in [0.29, 0.717) is 6.04 Å². The smallest absolute Gasteiger partial charge is 0.0180 e. The molecule has 1 aliphatic heterocycles. The van der Waals surface area contributed by atoms with E-state index in [1.165, 1.54) is 12.1 Å². The molecule has 2 rings (SSSR count). The largest absolute Gasteiger partial charge is 0.326 e. The van der Waals surface area contributed by atoms with Gasteiger partial charge in [0.2, 0.25) is 0 Å². The second-order valence-corrected chi connectivity index (χ2v) is 4.08. The molecule has 1 saturated heterocycles. The van der Waals surface area contributed by atoms with Gasteiger partial charge in [-0.3, -0.25) is 0 Å². The summed E-state index contributed by atoms with van der Waals surface area (Å²) in [5.74, 6) is 0. The van der Waals surface area contributed by atoms with Gasteiger partial charge in [0, 0.05) is 19.1 Å². The van der Waals surface area contributed by atoms with Crippen LogP contribution in [0.3, 0.4) is 0 Å². The van der Waals surface area contributed by atoms with Crippen molar-refractivity contribution in [3.05, 3.63) is 35.9 Å². The molecule has 1 atom stereocenters. The van der Waals surface area contributed by atoms with Crippen molar-refractivity contribution in [3.8, 4) is 0 Å². The maximum Gasteiger partial charge on any atom is 0.0180 e. The van der Waals surface area contributed by atoms with Crippen molar-refractivity contribution < 1.29 is 0 Å². The third-order valence-electron chi connectivity index (χ3n) is 2.87. The molecule has 0 aliphatic carbocycles. The number of nitrogens with zero attached hydrogens (tertiary/aromatic N) is 1. The molecule has 1 aliphatic rings. The SMILES string of the molecule is Cl.Cl.N[C@@H]1CCN(CCc2ccccc2)C1. The molecular formula is C12H20Cl2N2. The monoisotopic (exact) mass is 262 g/mol. The molecule has 0 spiro atoms. The fourth-order valence-electron chi connectivity index (χ4n) is 2.00. The second-order valence-electron chi connectivity index (χ2n) is 4.08. The summed E-state index contributed by atoms with van der Waals surface area (Å²) in [4.78, 5) is 2.46. The summed E-state index contributed by atoms with van der Waals surface area (Å²) < 4.78 is 0. The van der Waals surface area contributed by atoms with Crippen LogP contribution in [-0.2, 0) is 6.42 Å². The van der Waals surface area contributed by atoms with Crippen LogP contribution < -0.4 is 5.73 Å². The molecule has 2 nitrogen and oxygen atoms in total. The van der Waals surface area contributed by atoms with Crippen LogP contribution in [-0.4, -0.2) is 30.6 Å². The van der Waals surface area contributed by atoms with Gasteiger partial charge in [-0.1, -0.05) is 30.3 Å². The normalized spacial score (nSPS) is 19.9. The zero-order valence-corrected chi connectivity index (χ0v) is 11.0. The van der Waals surface area contributed by atoms with E-state index in [-0.39, 0.29) is 24.8 Å². The van der Waals surface area contributed by atoms with Crippen molar-refractivity contribution in [2.45, 2.75) is 18.9 Å².